The van der Waals surface area contributed by atoms with Crippen LogP contribution >= 0.6 is 0 Å². The number of methoxy groups -OCH3 is 1. The number of ether oxygens (including phenoxy) is 1. The van der Waals surface area contributed by atoms with Crippen LogP contribution < -0.4 is 4.74 Å². The van der Waals surface area contributed by atoms with Crippen molar-refractivity contribution in [3.63, 3.8) is 0 Å². The number of nitrogens with zero attached hydrogens (tertiary/aromatic N) is 2. The molecule has 3 rings (SSSR count). The molecule has 1 aliphatic rings. The number of hydrogen-bond donors (Lipinski definition) is 0. The van der Waals surface area contributed by atoms with Crippen molar-refractivity contribution >= 4 is 5.91 Å². The first kappa shape index (κ1) is 15.5. The van der Waals surface area contributed by atoms with Crippen LogP contribution in [0.3, 0.4) is 0 Å². The summed E-state index contributed by atoms with van der Waals surface area (Å²) in [6, 6.07) is 11.9. The lowest BCUT2D eigenvalue weighted by molar-refractivity contribution is 0.0690. The van der Waals surface area contributed by atoms with Crippen molar-refractivity contribution in [3.05, 3.63) is 59.9 Å². The molecular weight excluding hydrogens is 288 g/mol. The largest absolute Gasteiger partial charge is 0.497 e. The number of aromatic nitrogens is 1. The Morgan fingerprint density at radius 1 is 1.13 bits per heavy atom. The second kappa shape index (κ2) is 7.27. The summed E-state index contributed by atoms with van der Waals surface area (Å²) >= 11 is 0. The van der Waals surface area contributed by atoms with Gasteiger partial charge in [0.2, 0.25) is 0 Å². The molecule has 0 spiro atoms. The zero-order chi connectivity index (χ0) is 16.1. The topological polar surface area (TPSA) is 42.4 Å². The molecule has 120 valence electrons. The molecule has 0 unspecified atom stereocenters. The number of pyridine rings is 1. The van der Waals surface area contributed by atoms with Gasteiger partial charge in [0.15, 0.2) is 0 Å². The van der Waals surface area contributed by atoms with Crippen LogP contribution in [0.1, 0.15) is 28.8 Å². The highest BCUT2D eigenvalue weighted by atomic mass is 16.5. The van der Waals surface area contributed by atoms with Gasteiger partial charge in [-0.1, -0.05) is 12.1 Å². The van der Waals surface area contributed by atoms with Gasteiger partial charge in [0.1, 0.15) is 5.75 Å². The van der Waals surface area contributed by atoms with Crippen molar-refractivity contribution in [2.24, 2.45) is 5.92 Å². The summed E-state index contributed by atoms with van der Waals surface area (Å²) in [7, 11) is 1.69. The minimum Gasteiger partial charge on any atom is -0.497 e. The summed E-state index contributed by atoms with van der Waals surface area (Å²) in [6.45, 7) is 1.67. The van der Waals surface area contributed by atoms with Crippen molar-refractivity contribution in [1.29, 1.82) is 0 Å². The maximum absolute atomic E-state index is 12.4. The fourth-order valence-electron chi connectivity index (χ4n) is 3.11. The molecule has 0 bridgehead atoms. The van der Waals surface area contributed by atoms with Crippen molar-refractivity contribution in [2.45, 2.75) is 19.3 Å². The average Bonchev–Trinajstić information content (AvgIpc) is 2.63. The van der Waals surface area contributed by atoms with Gasteiger partial charge in [-0.15, -0.1) is 0 Å². The number of benzene rings is 1. The van der Waals surface area contributed by atoms with Gasteiger partial charge in [0.25, 0.3) is 5.91 Å². The van der Waals surface area contributed by atoms with Crippen molar-refractivity contribution in [3.8, 4) is 5.75 Å². The summed E-state index contributed by atoms with van der Waals surface area (Å²) in [5.41, 5.74) is 2.07. The van der Waals surface area contributed by atoms with E-state index in [1.807, 2.05) is 17.0 Å². The Morgan fingerprint density at radius 2 is 1.78 bits per heavy atom. The lowest BCUT2D eigenvalue weighted by Crippen LogP contribution is -2.38. The first-order valence-electron chi connectivity index (χ1n) is 8.08. The van der Waals surface area contributed by atoms with Crippen LogP contribution in [-0.2, 0) is 6.42 Å². The molecule has 1 aromatic heterocycles. The van der Waals surface area contributed by atoms with Crippen molar-refractivity contribution in [1.82, 2.24) is 9.88 Å². The molecule has 0 radical (unpaired) electrons. The number of hydrogen-bond acceptors (Lipinski definition) is 3. The van der Waals surface area contributed by atoms with E-state index in [2.05, 4.69) is 17.1 Å². The predicted octanol–water partition coefficient (Wildman–Crippen LogP) is 3.19. The quantitative estimate of drug-likeness (QED) is 0.871. The van der Waals surface area contributed by atoms with E-state index < -0.39 is 0 Å². The van der Waals surface area contributed by atoms with Crippen LogP contribution in [0, 0.1) is 5.92 Å². The Hall–Kier alpha value is -2.36. The monoisotopic (exact) mass is 310 g/mol. The smallest absolute Gasteiger partial charge is 0.253 e. The number of carbonyl (C=O) groups excluding carboxylic acids is 1. The van der Waals surface area contributed by atoms with E-state index >= 15 is 0 Å². The number of amides is 1. The third-order valence-electron chi connectivity index (χ3n) is 4.51. The van der Waals surface area contributed by atoms with Crippen LogP contribution in [0.15, 0.2) is 48.8 Å². The number of rotatable bonds is 4. The molecule has 0 aliphatic carbocycles. The summed E-state index contributed by atoms with van der Waals surface area (Å²) in [4.78, 5) is 18.3. The van der Waals surface area contributed by atoms with E-state index in [9.17, 15) is 4.79 Å². The van der Waals surface area contributed by atoms with Crippen LogP contribution in [0.5, 0.6) is 5.75 Å². The molecule has 1 fully saturated rings. The van der Waals surface area contributed by atoms with E-state index in [0.29, 0.717) is 5.92 Å². The first-order chi connectivity index (χ1) is 11.3. The zero-order valence-corrected chi connectivity index (χ0v) is 13.4. The van der Waals surface area contributed by atoms with Crippen LogP contribution in [0.25, 0.3) is 0 Å². The van der Waals surface area contributed by atoms with Gasteiger partial charge in [-0.3, -0.25) is 9.78 Å². The van der Waals surface area contributed by atoms with E-state index in [1.165, 1.54) is 5.56 Å². The van der Waals surface area contributed by atoms with Gasteiger partial charge in [-0.25, -0.2) is 0 Å². The van der Waals surface area contributed by atoms with Crippen molar-refractivity contribution < 1.29 is 9.53 Å². The third kappa shape index (κ3) is 3.89. The SMILES string of the molecule is COc1ccc(CC2CCN(C(=O)c3ccncc3)CC2)cc1. The van der Waals surface area contributed by atoms with Gasteiger partial charge in [-0.2, -0.15) is 0 Å². The number of likely N-dealkylation sites (tertiary alicyclic amines) is 1. The van der Waals surface area contributed by atoms with Crippen LogP contribution in [0.4, 0.5) is 0 Å². The molecule has 0 N–H and O–H groups in total. The highest BCUT2D eigenvalue weighted by molar-refractivity contribution is 5.94. The van der Waals surface area contributed by atoms with Crippen molar-refractivity contribution in [2.75, 3.05) is 20.2 Å². The van der Waals surface area contributed by atoms with Gasteiger partial charge < -0.3 is 9.64 Å². The molecule has 1 amide bonds. The Bertz CT molecular complexity index is 632. The standard InChI is InChI=1S/C19H22N2O2/c1-23-18-4-2-15(3-5-18)14-16-8-12-21(13-9-16)19(22)17-6-10-20-11-7-17/h2-7,10-11,16H,8-9,12-14H2,1H3. The highest BCUT2D eigenvalue weighted by Crippen LogP contribution is 2.23. The maximum Gasteiger partial charge on any atom is 0.253 e. The summed E-state index contributed by atoms with van der Waals surface area (Å²) in [5.74, 6) is 1.66. The Balaban J connectivity index is 1.53. The molecule has 4 heteroatoms. The summed E-state index contributed by atoms with van der Waals surface area (Å²) in [6.07, 6.45) is 6.53. The molecule has 1 aromatic carbocycles. The van der Waals surface area contributed by atoms with E-state index in [1.54, 1.807) is 31.6 Å². The highest BCUT2D eigenvalue weighted by Gasteiger charge is 2.23. The molecule has 1 saturated heterocycles. The van der Waals surface area contributed by atoms with E-state index in [0.717, 1.165) is 43.7 Å². The van der Waals surface area contributed by atoms with Crippen LogP contribution in [-0.4, -0.2) is 36.0 Å². The Morgan fingerprint density at radius 3 is 2.39 bits per heavy atom. The normalized spacial score (nSPS) is 15.4. The molecule has 1 aliphatic heterocycles. The molecule has 2 aromatic rings. The lowest BCUT2D eigenvalue weighted by Gasteiger charge is -2.32. The Kier molecular flexibility index (Phi) is 4.91. The second-order valence-electron chi connectivity index (χ2n) is 6.02. The molecule has 4 nitrogen and oxygen atoms in total. The second-order valence-corrected chi connectivity index (χ2v) is 6.02. The minimum atomic E-state index is 0.121. The fourth-order valence-corrected chi connectivity index (χ4v) is 3.11. The molecule has 2 heterocycles. The average molecular weight is 310 g/mol. The Labute approximate surface area is 137 Å². The zero-order valence-electron chi connectivity index (χ0n) is 13.4. The minimum absolute atomic E-state index is 0.121. The van der Waals surface area contributed by atoms with Gasteiger partial charge in [0.05, 0.1) is 7.11 Å². The van der Waals surface area contributed by atoms with E-state index in [-0.39, 0.29) is 5.91 Å². The maximum atomic E-state index is 12.4. The van der Waals surface area contributed by atoms with E-state index in [4.69, 9.17) is 4.74 Å². The molecule has 0 atom stereocenters. The fraction of sp³-hybridized carbons (Fsp3) is 0.368. The van der Waals surface area contributed by atoms with Crippen LogP contribution in [0.2, 0.25) is 0 Å². The molecule has 23 heavy (non-hydrogen) atoms. The molecular formula is C19H22N2O2. The molecule has 0 saturated carbocycles. The van der Waals surface area contributed by atoms with Gasteiger partial charge in [-0.05, 0) is 55.0 Å². The van der Waals surface area contributed by atoms with Gasteiger partial charge in [0, 0.05) is 31.0 Å². The lowest BCUT2D eigenvalue weighted by atomic mass is 9.90. The number of piperidine rings is 1. The van der Waals surface area contributed by atoms with Gasteiger partial charge >= 0.3 is 0 Å². The first-order valence-corrected chi connectivity index (χ1v) is 8.08. The summed E-state index contributed by atoms with van der Waals surface area (Å²) in [5, 5.41) is 0. The predicted molar refractivity (Wildman–Crippen MR) is 89.6 cm³/mol. The third-order valence-corrected chi connectivity index (χ3v) is 4.51. The summed E-state index contributed by atoms with van der Waals surface area (Å²) < 4.78 is 5.19. The number of carbonyl (C=O) groups is 1.